The standard InChI is InChI=1S/C22H23ClN2O/c1-15(17-8-10-20(23)11-9-17)21(14-25-22(26)18-5-3-6-18)19-7-2-4-16(12-19)13-24/h2,4,7-12,15,18,21H,3,5-6,14H2,1H3,(H,25,26)/t15-,21+/m1/s1. The molecule has 1 fully saturated rings. The molecular weight excluding hydrogens is 344 g/mol. The van der Waals surface area contributed by atoms with E-state index >= 15 is 0 Å². The van der Waals surface area contributed by atoms with Gasteiger partial charge in [-0.1, -0.05) is 49.2 Å². The third kappa shape index (κ3) is 4.26. The van der Waals surface area contributed by atoms with Crippen LogP contribution >= 0.6 is 11.6 Å². The number of carbonyl (C=O) groups is 1. The van der Waals surface area contributed by atoms with E-state index < -0.39 is 0 Å². The van der Waals surface area contributed by atoms with Crippen molar-refractivity contribution in [2.24, 2.45) is 5.92 Å². The minimum atomic E-state index is 0.0912. The van der Waals surface area contributed by atoms with Gasteiger partial charge in [0.2, 0.25) is 5.91 Å². The Labute approximate surface area is 160 Å². The lowest BCUT2D eigenvalue weighted by atomic mass is 9.81. The predicted octanol–water partition coefficient (Wildman–Crippen LogP) is 5.02. The van der Waals surface area contributed by atoms with Crippen LogP contribution in [0.4, 0.5) is 0 Å². The highest BCUT2D eigenvalue weighted by atomic mass is 35.5. The topological polar surface area (TPSA) is 52.9 Å². The maximum Gasteiger partial charge on any atom is 0.223 e. The Bertz CT molecular complexity index is 806. The molecule has 0 radical (unpaired) electrons. The minimum Gasteiger partial charge on any atom is -0.355 e. The van der Waals surface area contributed by atoms with Crippen molar-refractivity contribution in [1.29, 1.82) is 5.26 Å². The zero-order valence-corrected chi connectivity index (χ0v) is 15.7. The lowest BCUT2D eigenvalue weighted by molar-refractivity contribution is -0.127. The van der Waals surface area contributed by atoms with Crippen LogP contribution in [0.5, 0.6) is 0 Å². The molecule has 0 saturated heterocycles. The van der Waals surface area contributed by atoms with E-state index in [2.05, 4.69) is 18.3 Å². The highest BCUT2D eigenvalue weighted by Gasteiger charge is 2.27. The summed E-state index contributed by atoms with van der Waals surface area (Å²) in [6.45, 7) is 2.72. The van der Waals surface area contributed by atoms with Crippen molar-refractivity contribution >= 4 is 17.5 Å². The summed E-state index contributed by atoms with van der Waals surface area (Å²) < 4.78 is 0. The fraction of sp³-hybridized carbons (Fsp3) is 0.364. The molecule has 4 heteroatoms. The number of nitriles is 1. The number of nitrogens with zero attached hydrogens (tertiary/aromatic N) is 1. The van der Waals surface area contributed by atoms with Gasteiger partial charge in [-0.05, 0) is 54.2 Å². The second kappa shape index (κ2) is 8.38. The Hall–Kier alpha value is -2.31. The van der Waals surface area contributed by atoms with Gasteiger partial charge in [-0.25, -0.2) is 0 Å². The van der Waals surface area contributed by atoms with Gasteiger partial charge >= 0.3 is 0 Å². The third-order valence-corrected chi connectivity index (χ3v) is 5.67. The SMILES string of the molecule is C[C@H](c1ccc(Cl)cc1)[C@H](CNC(=O)C1CCC1)c1cccc(C#N)c1. The van der Waals surface area contributed by atoms with Gasteiger partial charge < -0.3 is 5.32 Å². The zero-order valence-electron chi connectivity index (χ0n) is 14.9. The van der Waals surface area contributed by atoms with E-state index in [1.165, 1.54) is 5.56 Å². The third-order valence-electron chi connectivity index (χ3n) is 5.42. The van der Waals surface area contributed by atoms with Gasteiger partial charge in [-0.3, -0.25) is 4.79 Å². The highest BCUT2D eigenvalue weighted by Crippen LogP contribution is 2.34. The molecule has 0 bridgehead atoms. The predicted molar refractivity (Wildman–Crippen MR) is 104 cm³/mol. The van der Waals surface area contributed by atoms with Crippen LogP contribution in [0.2, 0.25) is 5.02 Å². The number of amides is 1. The van der Waals surface area contributed by atoms with E-state index in [4.69, 9.17) is 11.6 Å². The van der Waals surface area contributed by atoms with Crippen LogP contribution in [0.3, 0.4) is 0 Å². The molecule has 134 valence electrons. The molecule has 2 aromatic carbocycles. The smallest absolute Gasteiger partial charge is 0.223 e. The van der Waals surface area contributed by atoms with Crippen LogP contribution in [0.15, 0.2) is 48.5 Å². The fourth-order valence-electron chi connectivity index (χ4n) is 3.45. The Morgan fingerprint density at radius 3 is 2.58 bits per heavy atom. The van der Waals surface area contributed by atoms with Gasteiger partial charge in [0.1, 0.15) is 0 Å². The Balaban J connectivity index is 1.83. The van der Waals surface area contributed by atoms with E-state index in [1.54, 1.807) is 6.07 Å². The van der Waals surface area contributed by atoms with E-state index in [-0.39, 0.29) is 23.7 Å². The average Bonchev–Trinajstić information content (AvgIpc) is 2.61. The summed E-state index contributed by atoms with van der Waals surface area (Å²) in [5.74, 6) is 0.601. The Morgan fingerprint density at radius 1 is 1.23 bits per heavy atom. The largest absolute Gasteiger partial charge is 0.355 e. The first kappa shape index (κ1) is 18.5. The first-order chi connectivity index (χ1) is 12.6. The summed E-state index contributed by atoms with van der Waals surface area (Å²) in [5.41, 5.74) is 2.88. The van der Waals surface area contributed by atoms with Gasteiger partial charge in [-0.15, -0.1) is 0 Å². The van der Waals surface area contributed by atoms with Gasteiger partial charge in [0.25, 0.3) is 0 Å². The molecule has 2 aromatic rings. The fourth-order valence-corrected chi connectivity index (χ4v) is 3.57. The van der Waals surface area contributed by atoms with Crippen molar-refractivity contribution < 1.29 is 4.79 Å². The minimum absolute atomic E-state index is 0.0912. The number of benzene rings is 2. The van der Waals surface area contributed by atoms with Gasteiger partial charge in [0.15, 0.2) is 0 Å². The number of carbonyl (C=O) groups excluding carboxylic acids is 1. The normalized spacial score (nSPS) is 16.2. The van der Waals surface area contributed by atoms with Crippen LogP contribution in [-0.4, -0.2) is 12.5 Å². The Kier molecular flexibility index (Phi) is 5.96. The first-order valence-corrected chi connectivity index (χ1v) is 9.49. The van der Waals surface area contributed by atoms with Gasteiger partial charge in [-0.2, -0.15) is 5.26 Å². The molecule has 1 amide bonds. The molecule has 0 aliphatic heterocycles. The van der Waals surface area contributed by atoms with E-state index in [1.807, 2.05) is 42.5 Å². The number of hydrogen-bond donors (Lipinski definition) is 1. The van der Waals surface area contributed by atoms with Gasteiger partial charge in [0.05, 0.1) is 11.6 Å². The molecular formula is C22H23ClN2O. The molecule has 3 rings (SSSR count). The number of halogens is 1. The van der Waals surface area contributed by atoms with Crippen LogP contribution in [0.25, 0.3) is 0 Å². The van der Waals surface area contributed by atoms with Crippen LogP contribution in [0.1, 0.15) is 54.7 Å². The van der Waals surface area contributed by atoms with E-state index in [0.29, 0.717) is 17.1 Å². The van der Waals surface area contributed by atoms with E-state index in [0.717, 1.165) is 24.8 Å². The summed E-state index contributed by atoms with van der Waals surface area (Å²) in [4.78, 5) is 12.3. The summed E-state index contributed by atoms with van der Waals surface area (Å²) in [6.07, 6.45) is 3.13. The maximum atomic E-state index is 12.3. The molecule has 2 atom stereocenters. The first-order valence-electron chi connectivity index (χ1n) is 9.11. The molecule has 0 unspecified atom stereocenters. The lowest BCUT2D eigenvalue weighted by Crippen LogP contribution is -2.37. The van der Waals surface area contributed by atoms with Gasteiger partial charge in [0, 0.05) is 23.4 Å². The average molecular weight is 367 g/mol. The molecule has 1 saturated carbocycles. The summed E-state index contributed by atoms with van der Waals surface area (Å²) >= 11 is 6.02. The molecule has 1 aliphatic carbocycles. The zero-order chi connectivity index (χ0) is 18.5. The van der Waals surface area contributed by atoms with Crippen LogP contribution in [-0.2, 0) is 4.79 Å². The summed E-state index contributed by atoms with van der Waals surface area (Å²) in [5, 5.41) is 13.1. The second-order valence-electron chi connectivity index (χ2n) is 7.06. The molecule has 1 N–H and O–H groups in total. The quantitative estimate of drug-likeness (QED) is 0.780. The number of rotatable bonds is 6. The molecule has 0 heterocycles. The number of hydrogen-bond acceptors (Lipinski definition) is 2. The van der Waals surface area contributed by atoms with Crippen molar-refractivity contribution in [3.63, 3.8) is 0 Å². The van der Waals surface area contributed by atoms with Crippen molar-refractivity contribution in [2.45, 2.75) is 38.0 Å². The van der Waals surface area contributed by atoms with E-state index in [9.17, 15) is 10.1 Å². The monoisotopic (exact) mass is 366 g/mol. The van der Waals surface area contributed by atoms with Crippen LogP contribution < -0.4 is 5.32 Å². The van der Waals surface area contributed by atoms with Crippen molar-refractivity contribution in [1.82, 2.24) is 5.32 Å². The lowest BCUT2D eigenvalue weighted by Gasteiger charge is -2.29. The number of nitrogens with one attached hydrogen (secondary N) is 1. The van der Waals surface area contributed by atoms with Crippen molar-refractivity contribution in [2.75, 3.05) is 6.54 Å². The molecule has 3 nitrogen and oxygen atoms in total. The molecule has 26 heavy (non-hydrogen) atoms. The molecule has 1 aliphatic rings. The molecule has 0 aromatic heterocycles. The second-order valence-corrected chi connectivity index (χ2v) is 7.49. The molecule has 0 spiro atoms. The summed E-state index contributed by atoms with van der Waals surface area (Å²) in [6, 6.07) is 17.7. The Morgan fingerprint density at radius 2 is 1.96 bits per heavy atom. The summed E-state index contributed by atoms with van der Waals surface area (Å²) in [7, 11) is 0. The maximum absolute atomic E-state index is 12.3. The van der Waals surface area contributed by atoms with Crippen molar-refractivity contribution in [3.8, 4) is 6.07 Å². The van der Waals surface area contributed by atoms with Crippen LogP contribution in [0, 0.1) is 17.2 Å². The highest BCUT2D eigenvalue weighted by molar-refractivity contribution is 6.30. The van der Waals surface area contributed by atoms with Crippen molar-refractivity contribution in [3.05, 3.63) is 70.2 Å².